The summed E-state index contributed by atoms with van der Waals surface area (Å²) in [6.45, 7) is 0. The highest BCUT2D eigenvalue weighted by Gasteiger charge is 2.26. The van der Waals surface area contributed by atoms with E-state index in [1.807, 2.05) is 54.9 Å². The van der Waals surface area contributed by atoms with Crippen LogP contribution in [0.15, 0.2) is 59.9 Å². The van der Waals surface area contributed by atoms with Crippen molar-refractivity contribution in [3.05, 3.63) is 81.6 Å². The number of aliphatic imine (C=N–C) groups is 1. The van der Waals surface area contributed by atoms with Crippen molar-refractivity contribution >= 4 is 28.9 Å². The highest BCUT2D eigenvalue weighted by Crippen LogP contribution is 2.39. The molecule has 2 heterocycles. The summed E-state index contributed by atoms with van der Waals surface area (Å²) in [5, 5.41) is 1.30. The first-order valence-electron chi connectivity index (χ1n) is 7.51. The van der Waals surface area contributed by atoms with Crippen molar-refractivity contribution < 1.29 is 4.74 Å². The molecule has 2 aromatic carbocycles. The van der Waals surface area contributed by atoms with Gasteiger partial charge in [-0.2, -0.15) is 0 Å². The molecule has 0 amide bonds. The minimum absolute atomic E-state index is 0.413. The topological polar surface area (TPSA) is 37.4 Å². The van der Waals surface area contributed by atoms with Gasteiger partial charge in [0.2, 0.25) is 0 Å². The molecule has 1 N–H and O–H groups in total. The van der Waals surface area contributed by atoms with Gasteiger partial charge in [-0.15, -0.1) is 0 Å². The number of halogens is 2. The van der Waals surface area contributed by atoms with Crippen LogP contribution in [0.1, 0.15) is 22.9 Å². The number of rotatable bonds is 2. The normalized spacial score (nSPS) is 16.1. The average molecular weight is 357 g/mol. The maximum Gasteiger partial charge on any atom is 0.176 e. The Morgan fingerprint density at radius 1 is 0.958 bits per heavy atom. The number of aromatic nitrogens is 1. The summed E-state index contributed by atoms with van der Waals surface area (Å²) in [7, 11) is 1.65. The minimum Gasteiger partial charge on any atom is -0.367 e. The molecular weight excluding hydrogens is 343 g/mol. The fraction of sp³-hybridized carbons (Fsp3) is 0.105. The third-order valence-electron chi connectivity index (χ3n) is 4.17. The van der Waals surface area contributed by atoms with E-state index in [2.05, 4.69) is 4.98 Å². The van der Waals surface area contributed by atoms with E-state index in [0.717, 1.165) is 33.5 Å². The molecule has 0 saturated heterocycles. The summed E-state index contributed by atoms with van der Waals surface area (Å²) in [5.74, 6) is 0. The molecular formula is C19H14Cl2N2O. The number of methoxy groups -OCH3 is 1. The third kappa shape index (κ3) is 2.46. The Kier molecular flexibility index (Phi) is 3.93. The van der Waals surface area contributed by atoms with Crippen molar-refractivity contribution in [3.8, 4) is 11.1 Å². The predicted octanol–water partition coefficient (Wildman–Crippen LogP) is 5.48. The number of aromatic amines is 1. The van der Waals surface area contributed by atoms with Crippen LogP contribution in [-0.4, -0.2) is 17.8 Å². The molecule has 3 nitrogen and oxygen atoms in total. The second-order valence-corrected chi connectivity index (χ2v) is 6.40. The van der Waals surface area contributed by atoms with Gasteiger partial charge >= 0.3 is 0 Å². The van der Waals surface area contributed by atoms with Crippen LogP contribution >= 0.6 is 23.2 Å². The number of fused-ring (bicyclic) bond motifs is 3. The van der Waals surface area contributed by atoms with Crippen LogP contribution in [0.2, 0.25) is 10.0 Å². The van der Waals surface area contributed by atoms with Crippen LogP contribution in [0.3, 0.4) is 0 Å². The highest BCUT2D eigenvalue weighted by molar-refractivity contribution is 6.36. The van der Waals surface area contributed by atoms with E-state index in [9.17, 15) is 0 Å². The fourth-order valence-electron chi connectivity index (χ4n) is 3.06. The Bertz CT molecular complexity index is 946. The minimum atomic E-state index is -0.413. The molecule has 0 saturated carbocycles. The molecule has 0 fully saturated rings. The maximum atomic E-state index is 6.43. The van der Waals surface area contributed by atoms with E-state index in [-0.39, 0.29) is 0 Å². The van der Waals surface area contributed by atoms with Gasteiger partial charge in [0.05, 0.1) is 5.71 Å². The van der Waals surface area contributed by atoms with E-state index in [1.54, 1.807) is 7.11 Å². The molecule has 4 rings (SSSR count). The quantitative estimate of drug-likeness (QED) is 0.647. The Morgan fingerprint density at radius 3 is 2.58 bits per heavy atom. The van der Waals surface area contributed by atoms with Crippen molar-refractivity contribution in [1.82, 2.24) is 4.98 Å². The smallest absolute Gasteiger partial charge is 0.176 e. The van der Waals surface area contributed by atoms with E-state index in [0.29, 0.717) is 10.0 Å². The number of hydrogen-bond donors (Lipinski definition) is 1. The number of hydrogen-bond acceptors (Lipinski definition) is 2. The van der Waals surface area contributed by atoms with E-state index < -0.39 is 6.23 Å². The maximum absolute atomic E-state index is 6.43. The molecule has 0 spiro atoms. The second kappa shape index (κ2) is 6.10. The summed E-state index contributed by atoms with van der Waals surface area (Å²) in [6.07, 6.45) is 3.46. The summed E-state index contributed by atoms with van der Waals surface area (Å²) in [4.78, 5) is 8.00. The zero-order valence-electron chi connectivity index (χ0n) is 12.9. The number of H-pyrrole nitrogens is 1. The van der Waals surface area contributed by atoms with Crippen LogP contribution in [0, 0.1) is 0 Å². The van der Waals surface area contributed by atoms with Crippen LogP contribution in [0.5, 0.6) is 0 Å². The zero-order chi connectivity index (χ0) is 16.7. The standard InChI is InChI=1S/C19H14Cl2N2O/c1-24-19-16-10-22-9-15(16)12-7-6-11(20)8-14(12)18(23-19)13-4-2-3-5-17(13)21/h2-10,19,22H,1H3. The van der Waals surface area contributed by atoms with Crippen molar-refractivity contribution in [2.75, 3.05) is 7.11 Å². The van der Waals surface area contributed by atoms with Crippen LogP contribution in [-0.2, 0) is 4.74 Å². The summed E-state index contributed by atoms with van der Waals surface area (Å²) >= 11 is 12.7. The molecule has 1 aromatic heterocycles. The first-order chi connectivity index (χ1) is 11.7. The van der Waals surface area contributed by atoms with Gasteiger partial charge in [0, 0.05) is 51.8 Å². The molecule has 0 aliphatic carbocycles. The largest absolute Gasteiger partial charge is 0.367 e. The van der Waals surface area contributed by atoms with Gasteiger partial charge in [-0.1, -0.05) is 47.5 Å². The van der Waals surface area contributed by atoms with Gasteiger partial charge in [-0.25, -0.2) is 4.99 Å². The Balaban J connectivity index is 2.05. The first-order valence-corrected chi connectivity index (χ1v) is 8.27. The van der Waals surface area contributed by atoms with Crippen molar-refractivity contribution in [1.29, 1.82) is 0 Å². The lowest BCUT2D eigenvalue weighted by atomic mass is 9.94. The Morgan fingerprint density at radius 2 is 1.79 bits per heavy atom. The number of nitrogens with one attached hydrogen (secondary N) is 1. The van der Waals surface area contributed by atoms with E-state index in [4.69, 9.17) is 32.9 Å². The molecule has 1 aliphatic rings. The van der Waals surface area contributed by atoms with Gasteiger partial charge < -0.3 is 9.72 Å². The Labute approximate surface area is 149 Å². The Hall–Kier alpha value is -2.07. The predicted molar refractivity (Wildman–Crippen MR) is 98.1 cm³/mol. The number of benzene rings is 2. The third-order valence-corrected chi connectivity index (χ3v) is 4.73. The first kappa shape index (κ1) is 15.5. The monoisotopic (exact) mass is 356 g/mol. The van der Waals surface area contributed by atoms with E-state index in [1.165, 1.54) is 0 Å². The van der Waals surface area contributed by atoms with Crippen molar-refractivity contribution in [3.63, 3.8) is 0 Å². The molecule has 1 atom stereocenters. The SMILES string of the molecule is COC1N=C(c2ccccc2Cl)c2cc(Cl)ccc2-c2c[nH]cc21. The van der Waals surface area contributed by atoms with Gasteiger partial charge in [-0.05, 0) is 23.8 Å². The van der Waals surface area contributed by atoms with Gasteiger partial charge in [0.25, 0.3) is 0 Å². The van der Waals surface area contributed by atoms with Gasteiger partial charge in [0.1, 0.15) is 0 Å². The molecule has 1 unspecified atom stereocenters. The summed E-state index contributed by atoms with van der Waals surface area (Å²) < 4.78 is 5.63. The molecule has 1 aliphatic heterocycles. The average Bonchev–Trinajstić information content (AvgIpc) is 3.02. The summed E-state index contributed by atoms with van der Waals surface area (Å²) in [6, 6.07) is 13.5. The number of ether oxygens (including phenoxy) is 1. The van der Waals surface area contributed by atoms with Crippen LogP contribution in [0.25, 0.3) is 11.1 Å². The highest BCUT2D eigenvalue weighted by atomic mass is 35.5. The molecule has 0 bridgehead atoms. The summed E-state index contributed by atoms with van der Waals surface area (Å²) in [5.41, 5.74) is 5.67. The van der Waals surface area contributed by atoms with Gasteiger partial charge in [0.15, 0.2) is 6.23 Å². The van der Waals surface area contributed by atoms with E-state index >= 15 is 0 Å². The van der Waals surface area contributed by atoms with Crippen LogP contribution < -0.4 is 0 Å². The molecule has 120 valence electrons. The van der Waals surface area contributed by atoms with Gasteiger partial charge in [-0.3, -0.25) is 0 Å². The molecule has 3 aromatic rings. The lowest BCUT2D eigenvalue weighted by Crippen LogP contribution is -2.07. The lowest BCUT2D eigenvalue weighted by molar-refractivity contribution is 0.112. The molecule has 5 heteroatoms. The molecule has 0 radical (unpaired) electrons. The fourth-order valence-corrected chi connectivity index (χ4v) is 3.46. The zero-order valence-corrected chi connectivity index (χ0v) is 14.4. The van der Waals surface area contributed by atoms with Crippen LogP contribution in [0.4, 0.5) is 0 Å². The lowest BCUT2D eigenvalue weighted by Gasteiger charge is -2.13. The van der Waals surface area contributed by atoms with Crippen molar-refractivity contribution in [2.45, 2.75) is 6.23 Å². The molecule has 24 heavy (non-hydrogen) atoms. The number of nitrogens with zero attached hydrogens (tertiary/aromatic N) is 1. The second-order valence-electron chi connectivity index (χ2n) is 5.56. The van der Waals surface area contributed by atoms with Crippen molar-refractivity contribution in [2.24, 2.45) is 4.99 Å².